The predicted octanol–water partition coefficient (Wildman–Crippen LogP) is 5.65. The summed E-state index contributed by atoms with van der Waals surface area (Å²) >= 11 is 0. The van der Waals surface area contributed by atoms with Crippen LogP contribution in [0.3, 0.4) is 0 Å². The zero-order valence-corrected chi connectivity index (χ0v) is 16.4. The largest absolute Gasteiger partial charge is 0.507 e. The third-order valence-corrected chi connectivity index (χ3v) is 5.64. The molecule has 0 bridgehead atoms. The van der Waals surface area contributed by atoms with E-state index in [2.05, 4.69) is 4.98 Å². The van der Waals surface area contributed by atoms with Crippen LogP contribution in [0.4, 0.5) is 17.6 Å². The summed E-state index contributed by atoms with van der Waals surface area (Å²) in [6, 6.07) is 11.3. The van der Waals surface area contributed by atoms with Crippen LogP contribution in [0, 0.1) is 45.9 Å². The minimum Gasteiger partial charge on any atom is -0.507 e. The fourth-order valence-electron chi connectivity index (χ4n) is 4.44. The van der Waals surface area contributed by atoms with Gasteiger partial charge in [0.2, 0.25) is 0 Å². The molecule has 1 heterocycles. The van der Waals surface area contributed by atoms with Crippen molar-refractivity contribution in [2.75, 3.05) is 0 Å². The summed E-state index contributed by atoms with van der Waals surface area (Å²) in [5.41, 5.74) is 0.166. The molecule has 0 atom stereocenters. The monoisotopic (exact) mass is 443 g/mol. The van der Waals surface area contributed by atoms with Gasteiger partial charge in [0.05, 0.1) is 23.4 Å². The predicted molar refractivity (Wildman–Crippen MR) is 111 cm³/mol. The molecule has 4 nitrogen and oxygen atoms in total. The molecule has 3 aromatic rings. The Kier molecular flexibility index (Phi) is 4.40. The summed E-state index contributed by atoms with van der Waals surface area (Å²) in [6.07, 6.45) is 3.26. The Morgan fingerprint density at radius 2 is 1.30 bits per heavy atom. The lowest BCUT2D eigenvalue weighted by Crippen LogP contribution is -2.03. The van der Waals surface area contributed by atoms with Gasteiger partial charge >= 0.3 is 0 Å². The van der Waals surface area contributed by atoms with E-state index in [0.717, 1.165) is 12.2 Å². The number of hydrogen-bond acceptors (Lipinski definition) is 4. The molecule has 0 saturated heterocycles. The summed E-state index contributed by atoms with van der Waals surface area (Å²) in [4.78, 5) is 4.31. The van der Waals surface area contributed by atoms with Gasteiger partial charge in [0.1, 0.15) is 5.75 Å². The first kappa shape index (κ1) is 20.2. The van der Waals surface area contributed by atoms with Gasteiger partial charge in [-0.25, -0.2) is 17.6 Å². The number of benzene rings is 2. The van der Waals surface area contributed by atoms with E-state index in [4.69, 9.17) is 0 Å². The van der Waals surface area contributed by atoms with Crippen molar-refractivity contribution in [2.24, 2.45) is 0 Å². The van der Waals surface area contributed by atoms with Crippen LogP contribution in [0.1, 0.15) is 22.3 Å². The highest BCUT2D eigenvalue weighted by Crippen LogP contribution is 2.56. The van der Waals surface area contributed by atoms with Crippen molar-refractivity contribution < 1.29 is 22.7 Å². The van der Waals surface area contributed by atoms with Gasteiger partial charge in [-0.3, -0.25) is 4.98 Å². The van der Waals surface area contributed by atoms with Crippen molar-refractivity contribution in [1.29, 1.82) is 10.5 Å². The van der Waals surface area contributed by atoms with Crippen LogP contribution in [-0.2, 0) is 0 Å². The molecular formula is C25H9F4N3O. The van der Waals surface area contributed by atoms with E-state index in [0.29, 0.717) is 28.0 Å². The minimum absolute atomic E-state index is 0.0227. The zero-order chi connectivity index (χ0) is 23.4. The van der Waals surface area contributed by atoms with Crippen molar-refractivity contribution in [1.82, 2.24) is 4.98 Å². The number of halogens is 4. The van der Waals surface area contributed by atoms with E-state index < -0.39 is 34.4 Å². The van der Waals surface area contributed by atoms with Crippen molar-refractivity contribution in [3.05, 3.63) is 99.8 Å². The van der Waals surface area contributed by atoms with E-state index in [1.165, 1.54) is 12.3 Å². The lowest BCUT2D eigenvalue weighted by Gasteiger charge is -2.11. The van der Waals surface area contributed by atoms with Crippen molar-refractivity contribution in [2.45, 2.75) is 0 Å². The first-order chi connectivity index (χ1) is 15.9. The highest BCUT2D eigenvalue weighted by Gasteiger charge is 2.41. The lowest BCUT2D eigenvalue weighted by molar-refractivity contribution is 0.407. The fraction of sp³-hybridized carbons (Fsp3) is 0. The molecule has 0 amide bonds. The van der Waals surface area contributed by atoms with Crippen molar-refractivity contribution in [3.8, 4) is 29.1 Å². The number of pyridine rings is 1. The summed E-state index contributed by atoms with van der Waals surface area (Å²) in [5.74, 6) is -7.51. The molecular weight excluding hydrogens is 434 g/mol. The summed E-state index contributed by atoms with van der Waals surface area (Å²) in [5, 5.41) is 29.3. The number of aromatic hydroxyl groups is 1. The lowest BCUT2D eigenvalue weighted by atomic mass is 9.91. The van der Waals surface area contributed by atoms with E-state index in [9.17, 15) is 33.2 Å². The minimum atomic E-state index is -2.02. The quantitative estimate of drug-likeness (QED) is 0.165. The summed E-state index contributed by atoms with van der Waals surface area (Å²) in [6.45, 7) is 0. The second kappa shape index (κ2) is 7.18. The van der Waals surface area contributed by atoms with Gasteiger partial charge in [0.15, 0.2) is 23.3 Å². The van der Waals surface area contributed by atoms with Crippen LogP contribution in [0.2, 0.25) is 0 Å². The van der Waals surface area contributed by atoms with Gasteiger partial charge in [-0.15, -0.1) is 0 Å². The molecule has 33 heavy (non-hydrogen) atoms. The molecule has 2 aromatic carbocycles. The first-order valence-corrected chi connectivity index (χ1v) is 9.51. The number of rotatable bonds is 0. The number of aromatic nitrogens is 1. The molecule has 0 fully saturated rings. The van der Waals surface area contributed by atoms with E-state index >= 15 is 0 Å². The van der Waals surface area contributed by atoms with E-state index in [1.807, 2.05) is 0 Å². The Morgan fingerprint density at radius 3 is 1.88 bits per heavy atom. The van der Waals surface area contributed by atoms with E-state index in [1.54, 1.807) is 36.4 Å². The molecule has 8 heteroatoms. The standard InChI is InChI=1S/C25H9F4N3O/c26-21-19-12(6-8-30)16(13(7-9-31)20(19)22(27)24(29)23(21)28)17-11-3-1-5-15(33)18(11)25-14(17)4-2-10-32-25/h1-7,10,33H/b12-6-,13-7-. The van der Waals surface area contributed by atoms with Crippen LogP contribution in [-0.4, -0.2) is 10.1 Å². The highest BCUT2D eigenvalue weighted by atomic mass is 19.2. The Labute approximate surface area is 184 Å². The Morgan fingerprint density at radius 1 is 0.727 bits per heavy atom. The molecule has 1 N–H and O–H groups in total. The molecule has 2 aliphatic carbocycles. The number of fused-ring (bicyclic) bond motifs is 4. The maximum atomic E-state index is 14.9. The van der Waals surface area contributed by atoms with Gasteiger partial charge in [0, 0.05) is 57.3 Å². The molecule has 0 unspecified atom stereocenters. The molecule has 1 aromatic heterocycles. The molecule has 0 aliphatic heterocycles. The van der Waals surface area contributed by atoms with Crippen LogP contribution < -0.4 is 0 Å². The van der Waals surface area contributed by atoms with Crippen molar-refractivity contribution in [3.63, 3.8) is 0 Å². The molecule has 5 rings (SSSR count). The Bertz CT molecular complexity index is 1520. The molecule has 0 spiro atoms. The average Bonchev–Trinajstić information content (AvgIpc) is 3.30. The zero-order valence-electron chi connectivity index (χ0n) is 16.4. The van der Waals surface area contributed by atoms with Crippen molar-refractivity contribution >= 4 is 16.7 Å². The maximum absolute atomic E-state index is 14.9. The molecule has 0 saturated carbocycles. The third kappa shape index (κ3) is 2.58. The van der Waals surface area contributed by atoms with Crippen LogP contribution in [0.25, 0.3) is 28.0 Å². The second-order valence-corrected chi connectivity index (χ2v) is 7.23. The fourth-order valence-corrected chi connectivity index (χ4v) is 4.44. The average molecular weight is 443 g/mol. The number of nitrogens with zero attached hydrogens (tertiary/aromatic N) is 3. The number of allylic oxidation sites excluding steroid dienone is 5. The molecule has 0 radical (unpaired) electrons. The number of phenols is 1. The number of nitriles is 2. The topological polar surface area (TPSA) is 80.7 Å². The van der Waals surface area contributed by atoms with Crippen LogP contribution in [0.5, 0.6) is 5.75 Å². The SMILES string of the molecule is N#C/C=C1/C(=C2c3cccnc3-c3c(O)cccc32)/C(=C/C#N)c2c(F)c(F)c(F)c(F)c21. The smallest absolute Gasteiger partial charge is 0.198 e. The number of phenolic OH excluding ortho intramolecular Hbond substituents is 1. The highest BCUT2D eigenvalue weighted by molar-refractivity contribution is 6.19. The second-order valence-electron chi connectivity index (χ2n) is 7.23. The van der Waals surface area contributed by atoms with Gasteiger partial charge in [-0.1, -0.05) is 18.2 Å². The summed E-state index contributed by atoms with van der Waals surface area (Å²) in [7, 11) is 0. The van der Waals surface area contributed by atoms with Gasteiger partial charge < -0.3 is 5.11 Å². The Balaban J connectivity index is 2.03. The van der Waals surface area contributed by atoms with Gasteiger partial charge in [-0.2, -0.15) is 10.5 Å². The summed E-state index contributed by atoms with van der Waals surface area (Å²) < 4.78 is 58.2. The third-order valence-electron chi connectivity index (χ3n) is 5.64. The van der Waals surface area contributed by atoms with Gasteiger partial charge in [-0.05, 0) is 17.7 Å². The molecule has 158 valence electrons. The number of hydrogen-bond donors (Lipinski definition) is 1. The first-order valence-electron chi connectivity index (χ1n) is 9.51. The maximum Gasteiger partial charge on any atom is 0.198 e. The van der Waals surface area contributed by atoms with Crippen LogP contribution in [0.15, 0.2) is 54.3 Å². The normalized spacial score (nSPS) is 15.9. The van der Waals surface area contributed by atoms with E-state index in [-0.39, 0.29) is 22.5 Å². The molecule has 2 aliphatic rings. The van der Waals surface area contributed by atoms with Gasteiger partial charge in [0.25, 0.3) is 0 Å². The van der Waals surface area contributed by atoms with Crippen LogP contribution >= 0.6 is 0 Å². The Hall–Kier alpha value is -4.69.